The Morgan fingerprint density at radius 1 is 1.20 bits per heavy atom. The summed E-state index contributed by atoms with van der Waals surface area (Å²) in [6.07, 6.45) is 1.60. The number of furan rings is 1. The Hall–Kier alpha value is -2.67. The highest BCUT2D eigenvalue weighted by Gasteiger charge is 2.20. The van der Waals surface area contributed by atoms with E-state index in [4.69, 9.17) is 4.42 Å². The Labute approximate surface area is 186 Å². The molecule has 0 aliphatic carbocycles. The van der Waals surface area contributed by atoms with Crippen LogP contribution in [-0.4, -0.2) is 34.4 Å². The molecule has 2 heterocycles. The van der Waals surface area contributed by atoms with Gasteiger partial charge in [-0.2, -0.15) is 0 Å². The second-order valence-corrected chi connectivity index (χ2v) is 8.40. The van der Waals surface area contributed by atoms with Gasteiger partial charge in [0, 0.05) is 23.8 Å². The molecule has 0 saturated carbocycles. The smallest absolute Gasteiger partial charge is 0.272 e. The number of halogens is 1. The Morgan fingerprint density at radius 3 is 2.57 bits per heavy atom. The largest absolute Gasteiger partial charge is 0.467 e. The van der Waals surface area contributed by atoms with Crippen molar-refractivity contribution in [3.05, 3.63) is 69.8 Å². The zero-order valence-electron chi connectivity index (χ0n) is 18.0. The summed E-state index contributed by atoms with van der Waals surface area (Å²) in [6, 6.07) is 11.7. The third-order valence-electron chi connectivity index (χ3n) is 4.87. The van der Waals surface area contributed by atoms with Gasteiger partial charge in [0.2, 0.25) is 5.95 Å². The average Bonchev–Trinajstić information content (AvgIpc) is 3.21. The van der Waals surface area contributed by atoms with Gasteiger partial charge in [0.15, 0.2) is 0 Å². The molecule has 1 amide bonds. The molecule has 0 radical (unpaired) electrons. The molecule has 2 aromatic heterocycles. The number of amides is 1. The van der Waals surface area contributed by atoms with E-state index in [0.29, 0.717) is 30.6 Å². The van der Waals surface area contributed by atoms with E-state index in [9.17, 15) is 4.79 Å². The summed E-state index contributed by atoms with van der Waals surface area (Å²) >= 11 is 3.69. The molecule has 6 nitrogen and oxygen atoms in total. The first-order chi connectivity index (χ1) is 14.3. The number of nitrogens with zero attached hydrogens (tertiary/aromatic N) is 4. The summed E-state index contributed by atoms with van der Waals surface area (Å²) < 4.78 is 6.33. The topological polar surface area (TPSA) is 62.5 Å². The van der Waals surface area contributed by atoms with E-state index in [0.717, 1.165) is 21.6 Å². The summed E-state index contributed by atoms with van der Waals surface area (Å²) in [5, 5.41) is 0. The molecule has 0 N–H and O–H groups in total. The lowest BCUT2D eigenvalue weighted by atomic mass is 10.0. The predicted molar refractivity (Wildman–Crippen MR) is 122 cm³/mol. The van der Waals surface area contributed by atoms with Gasteiger partial charge in [-0.25, -0.2) is 9.97 Å². The number of rotatable bonds is 7. The Balaban J connectivity index is 1.92. The molecule has 0 aliphatic heterocycles. The lowest BCUT2D eigenvalue weighted by Gasteiger charge is -2.24. The summed E-state index contributed by atoms with van der Waals surface area (Å²) in [4.78, 5) is 25.8. The van der Waals surface area contributed by atoms with Crippen LogP contribution in [0.25, 0.3) is 0 Å². The van der Waals surface area contributed by atoms with Crippen LogP contribution >= 0.6 is 15.9 Å². The quantitative estimate of drug-likeness (QED) is 0.443. The van der Waals surface area contributed by atoms with Gasteiger partial charge >= 0.3 is 0 Å². The highest BCUT2D eigenvalue weighted by atomic mass is 79.9. The van der Waals surface area contributed by atoms with Crippen molar-refractivity contribution in [2.75, 3.05) is 18.5 Å². The van der Waals surface area contributed by atoms with E-state index in [1.807, 2.05) is 30.9 Å². The molecule has 3 aromatic rings. The first-order valence-corrected chi connectivity index (χ1v) is 10.8. The molecule has 158 valence electrons. The van der Waals surface area contributed by atoms with Crippen LogP contribution in [0, 0.1) is 6.92 Å². The van der Waals surface area contributed by atoms with E-state index >= 15 is 0 Å². The second kappa shape index (κ2) is 9.43. The van der Waals surface area contributed by atoms with Crippen molar-refractivity contribution in [3.63, 3.8) is 0 Å². The Kier molecular flexibility index (Phi) is 6.92. The molecule has 30 heavy (non-hydrogen) atoms. The first-order valence-electron chi connectivity index (χ1n) is 10.0. The van der Waals surface area contributed by atoms with Gasteiger partial charge in [-0.15, -0.1) is 0 Å². The standard InChI is InChI=1S/C23H27BrN4O2/c1-6-28(21-10-9-17(15(2)3)13-19(21)24)23-25-16(4)12-20(26-23)22(29)27(5)14-18-8-7-11-30-18/h7-13,15H,6,14H2,1-5H3. The normalized spacial score (nSPS) is 11.0. The predicted octanol–water partition coefficient (Wildman–Crippen LogP) is 5.69. The van der Waals surface area contributed by atoms with Gasteiger partial charge < -0.3 is 14.2 Å². The molecule has 0 unspecified atom stereocenters. The minimum atomic E-state index is -0.177. The van der Waals surface area contributed by atoms with Crippen LogP contribution in [0.5, 0.6) is 0 Å². The number of aromatic nitrogens is 2. The SMILES string of the molecule is CCN(c1nc(C)cc(C(=O)N(C)Cc2ccco2)n1)c1ccc(C(C)C)cc1Br. The van der Waals surface area contributed by atoms with Gasteiger partial charge in [0.25, 0.3) is 5.91 Å². The van der Waals surface area contributed by atoms with Crippen LogP contribution in [-0.2, 0) is 6.54 Å². The van der Waals surface area contributed by atoms with E-state index in [1.54, 1.807) is 24.3 Å². The van der Waals surface area contributed by atoms with Crippen LogP contribution in [0.15, 0.2) is 51.6 Å². The highest BCUT2D eigenvalue weighted by Crippen LogP contribution is 2.33. The molecule has 0 bridgehead atoms. The minimum Gasteiger partial charge on any atom is -0.467 e. The van der Waals surface area contributed by atoms with Gasteiger partial charge in [-0.05, 0) is 71.6 Å². The third-order valence-corrected chi connectivity index (χ3v) is 5.50. The van der Waals surface area contributed by atoms with E-state index < -0.39 is 0 Å². The molecule has 0 aliphatic rings. The van der Waals surface area contributed by atoms with Crippen LogP contribution < -0.4 is 4.90 Å². The number of hydrogen-bond donors (Lipinski definition) is 0. The molecule has 0 atom stereocenters. The Morgan fingerprint density at radius 2 is 1.97 bits per heavy atom. The fraction of sp³-hybridized carbons (Fsp3) is 0.348. The number of carbonyl (C=O) groups is 1. The van der Waals surface area contributed by atoms with Crippen molar-refractivity contribution in [3.8, 4) is 0 Å². The molecule has 0 spiro atoms. The lowest BCUT2D eigenvalue weighted by molar-refractivity contribution is 0.0769. The number of carbonyl (C=O) groups excluding carboxylic acids is 1. The lowest BCUT2D eigenvalue weighted by Crippen LogP contribution is -2.28. The van der Waals surface area contributed by atoms with Gasteiger partial charge in [0.05, 0.1) is 18.5 Å². The zero-order chi connectivity index (χ0) is 21.8. The Bertz CT molecular complexity index is 1020. The van der Waals surface area contributed by atoms with Crippen LogP contribution in [0.2, 0.25) is 0 Å². The van der Waals surface area contributed by atoms with Gasteiger partial charge in [-0.1, -0.05) is 19.9 Å². The zero-order valence-corrected chi connectivity index (χ0v) is 19.6. The van der Waals surface area contributed by atoms with E-state index in [2.05, 4.69) is 57.9 Å². The fourth-order valence-corrected chi connectivity index (χ4v) is 3.82. The number of hydrogen-bond acceptors (Lipinski definition) is 5. The summed E-state index contributed by atoms with van der Waals surface area (Å²) in [5.74, 6) is 1.49. The summed E-state index contributed by atoms with van der Waals surface area (Å²) in [7, 11) is 1.74. The number of benzene rings is 1. The van der Waals surface area contributed by atoms with Crippen LogP contribution in [0.4, 0.5) is 11.6 Å². The van der Waals surface area contributed by atoms with Gasteiger partial charge in [-0.3, -0.25) is 4.79 Å². The van der Waals surface area contributed by atoms with Crippen LogP contribution in [0.1, 0.15) is 54.2 Å². The van der Waals surface area contributed by atoms with Crippen LogP contribution in [0.3, 0.4) is 0 Å². The van der Waals surface area contributed by atoms with E-state index in [-0.39, 0.29) is 5.91 Å². The maximum Gasteiger partial charge on any atom is 0.272 e. The molecular weight excluding hydrogens is 444 g/mol. The third kappa shape index (κ3) is 4.90. The maximum atomic E-state index is 13.0. The monoisotopic (exact) mass is 470 g/mol. The number of anilines is 2. The summed E-state index contributed by atoms with van der Waals surface area (Å²) in [5.41, 5.74) is 3.32. The van der Waals surface area contributed by atoms with Gasteiger partial charge in [0.1, 0.15) is 11.5 Å². The highest BCUT2D eigenvalue weighted by molar-refractivity contribution is 9.10. The first kappa shape index (κ1) is 22.0. The molecular formula is C23H27BrN4O2. The van der Waals surface area contributed by atoms with Crippen molar-refractivity contribution in [2.45, 2.75) is 40.2 Å². The molecule has 7 heteroatoms. The summed E-state index contributed by atoms with van der Waals surface area (Å²) in [6.45, 7) is 9.29. The van der Waals surface area contributed by atoms with Crippen molar-refractivity contribution in [1.82, 2.24) is 14.9 Å². The minimum absolute atomic E-state index is 0.177. The van der Waals surface area contributed by atoms with Crippen molar-refractivity contribution >= 4 is 33.5 Å². The second-order valence-electron chi connectivity index (χ2n) is 7.54. The number of aryl methyl sites for hydroxylation is 1. The molecule has 1 aromatic carbocycles. The fourth-order valence-electron chi connectivity index (χ4n) is 3.21. The van der Waals surface area contributed by atoms with Crippen molar-refractivity contribution in [2.24, 2.45) is 0 Å². The maximum absolute atomic E-state index is 13.0. The van der Waals surface area contributed by atoms with Crippen molar-refractivity contribution < 1.29 is 9.21 Å². The molecule has 0 fully saturated rings. The van der Waals surface area contributed by atoms with E-state index in [1.165, 1.54) is 5.56 Å². The molecule has 3 rings (SSSR count). The average molecular weight is 471 g/mol. The molecule has 0 saturated heterocycles. The van der Waals surface area contributed by atoms with Crippen molar-refractivity contribution in [1.29, 1.82) is 0 Å².